The highest BCUT2D eigenvalue weighted by molar-refractivity contribution is 5.99. The fraction of sp³-hybridized carbons (Fsp3) is 0.310. The van der Waals surface area contributed by atoms with Crippen molar-refractivity contribution in [3.8, 4) is 0 Å². The van der Waals surface area contributed by atoms with E-state index in [0.29, 0.717) is 18.5 Å². The average molecular weight is 575 g/mol. The lowest BCUT2D eigenvalue weighted by atomic mass is 10.0. The van der Waals surface area contributed by atoms with Gasteiger partial charge < -0.3 is 38.5 Å². The van der Waals surface area contributed by atoms with E-state index in [1.54, 1.807) is 6.20 Å². The number of aromatic nitrogens is 1. The Morgan fingerprint density at radius 1 is 0.976 bits per heavy atom. The van der Waals surface area contributed by atoms with Gasteiger partial charge in [-0.2, -0.15) is 0 Å². The monoisotopic (exact) mass is 574 g/mol. The maximum Gasteiger partial charge on any atom is 0.247 e. The molecule has 13 nitrogen and oxygen atoms in total. The number of pyridine rings is 1. The summed E-state index contributed by atoms with van der Waals surface area (Å²) in [5.41, 5.74) is 24.5. The van der Waals surface area contributed by atoms with Gasteiger partial charge in [0.05, 0.1) is 49.3 Å². The van der Waals surface area contributed by atoms with Gasteiger partial charge in [-0.3, -0.25) is 29.4 Å². The molecule has 222 valence electrons. The lowest BCUT2D eigenvalue weighted by Crippen LogP contribution is -2.51. The predicted octanol–water partition coefficient (Wildman–Crippen LogP) is 0.0973. The lowest BCUT2D eigenvalue weighted by molar-refractivity contribution is -0.134. The second-order valence-corrected chi connectivity index (χ2v) is 9.54. The number of carbonyl (C=O) groups excluding carboxylic acids is 3. The Bertz CT molecular complexity index is 1390. The minimum absolute atomic E-state index is 0.0993. The number of guanidine groups is 1. The molecule has 0 radical (unpaired) electrons. The summed E-state index contributed by atoms with van der Waals surface area (Å²) in [6.45, 7) is 0.875. The number of hydrogen-bond donors (Lipinski definition) is 6. The minimum Gasteiger partial charge on any atom is -0.390 e. The maximum absolute atomic E-state index is 13.4. The number of para-hydroxylation sites is 1. The van der Waals surface area contributed by atoms with Crippen molar-refractivity contribution in [2.75, 3.05) is 31.5 Å². The standard InChI is InChI=1S/C29H38N10O3/c30-19-34-12-14-39(15-13-35-29(32)33)26(40)17-23(31)27(41)38-25(11-10-20-6-2-1-3-7-20)28(42)37-22-16-21-8-4-5-9-24(21)36-18-22/h1-9,16,18-19,23,25H,10-15,17,31H2,(H2,30,34)(H,37,42)(H,38,41)(H4,32,33,35)/t23-,25-/m0/s1. The second kappa shape index (κ2) is 16.3. The Morgan fingerprint density at radius 2 is 1.69 bits per heavy atom. The van der Waals surface area contributed by atoms with E-state index in [2.05, 4.69) is 25.6 Å². The van der Waals surface area contributed by atoms with Crippen molar-refractivity contribution in [1.82, 2.24) is 15.2 Å². The summed E-state index contributed by atoms with van der Waals surface area (Å²) < 4.78 is 0. The van der Waals surface area contributed by atoms with Gasteiger partial charge in [-0.25, -0.2) is 0 Å². The summed E-state index contributed by atoms with van der Waals surface area (Å²) in [4.78, 5) is 53.1. The van der Waals surface area contributed by atoms with Crippen LogP contribution in [-0.2, 0) is 20.8 Å². The molecule has 2 aromatic carbocycles. The number of nitrogens with two attached hydrogens (primary N) is 4. The van der Waals surface area contributed by atoms with Gasteiger partial charge in [-0.1, -0.05) is 48.5 Å². The van der Waals surface area contributed by atoms with Gasteiger partial charge in [-0.05, 0) is 30.5 Å². The Hall–Kier alpha value is -5.04. The number of fused-ring (bicyclic) bond motifs is 1. The molecule has 0 saturated heterocycles. The molecule has 42 heavy (non-hydrogen) atoms. The van der Waals surface area contributed by atoms with Crippen LogP contribution in [0.15, 0.2) is 76.8 Å². The van der Waals surface area contributed by atoms with Crippen LogP contribution >= 0.6 is 0 Å². The van der Waals surface area contributed by atoms with E-state index in [9.17, 15) is 14.4 Å². The number of anilines is 1. The number of amides is 3. The molecular weight excluding hydrogens is 536 g/mol. The maximum atomic E-state index is 13.4. The molecule has 1 heterocycles. The zero-order valence-corrected chi connectivity index (χ0v) is 23.4. The number of hydrogen-bond acceptors (Lipinski definition) is 7. The van der Waals surface area contributed by atoms with Crippen molar-refractivity contribution in [3.05, 3.63) is 72.4 Å². The molecule has 1 aromatic heterocycles. The zero-order valence-electron chi connectivity index (χ0n) is 23.4. The van der Waals surface area contributed by atoms with Crippen molar-refractivity contribution in [3.63, 3.8) is 0 Å². The Balaban J connectivity index is 1.68. The van der Waals surface area contributed by atoms with E-state index in [1.807, 2.05) is 60.7 Å². The Morgan fingerprint density at radius 3 is 2.43 bits per heavy atom. The summed E-state index contributed by atoms with van der Waals surface area (Å²) >= 11 is 0. The van der Waals surface area contributed by atoms with E-state index >= 15 is 0 Å². The highest BCUT2D eigenvalue weighted by Gasteiger charge is 2.27. The van der Waals surface area contributed by atoms with Crippen LogP contribution in [0.4, 0.5) is 5.69 Å². The molecule has 13 heteroatoms. The van der Waals surface area contributed by atoms with Crippen LogP contribution in [0.25, 0.3) is 10.9 Å². The van der Waals surface area contributed by atoms with Crippen molar-refractivity contribution in [1.29, 1.82) is 0 Å². The van der Waals surface area contributed by atoms with E-state index in [1.165, 1.54) is 4.90 Å². The number of rotatable bonds is 15. The predicted molar refractivity (Wildman–Crippen MR) is 164 cm³/mol. The molecule has 0 spiro atoms. The third-order valence-corrected chi connectivity index (χ3v) is 6.41. The molecule has 0 fully saturated rings. The third-order valence-electron chi connectivity index (χ3n) is 6.41. The molecule has 2 atom stereocenters. The van der Waals surface area contributed by atoms with Gasteiger partial charge in [0.2, 0.25) is 17.7 Å². The number of aliphatic imine (C=N–C) groups is 2. The molecule has 3 rings (SSSR count). The first kappa shape index (κ1) is 31.5. The van der Waals surface area contributed by atoms with Crippen LogP contribution in [0.2, 0.25) is 0 Å². The zero-order chi connectivity index (χ0) is 30.3. The molecule has 0 aliphatic rings. The van der Waals surface area contributed by atoms with E-state index in [-0.39, 0.29) is 44.5 Å². The first-order valence-corrected chi connectivity index (χ1v) is 13.6. The first-order chi connectivity index (χ1) is 20.3. The van der Waals surface area contributed by atoms with Crippen molar-refractivity contribution >= 4 is 46.6 Å². The summed E-state index contributed by atoms with van der Waals surface area (Å²) in [5, 5.41) is 6.45. The van der Waals surface area contributed by atoms with Gasteiger partial charge in [0.15, 0.2) is 5.96 Å². The van der Waals surface area contributed by atoms with Crippen LogP contribution in [0.3, 0.4) is 0 Å². The molecule has 3 amide bonds. The number of nitrogens with zero attached hydrogens (tertiary/aromatic N) is 4. The Kier molecular flexibility index (Phi) is 12.2. The molecule has 0 bridgehead atoms. The fourth-order valence-corrected chi connectivity index (χ4v) is 4.20. The van der Waals surface area contributed by atoms with Gasteiger partial charge in [0.1, 0.15) is 6.04 Å². The molecule has 0 unspecified atom stereocenters. The molecule has 0 aliphatic heterocycles. The van der Waals surface area contributed by atoms with Crippen LogP contribution < -0.4 is 33.6 Å². The normalized spacial score (nSPS) is 12.4. The summed E-state index contributed by atoms with van der Waals surface area (Å²) in [6.07, 6.45) is 3.26. The molecule has 10 N–H and O–H groups in total. The number of benzene rings is 2. The molecule has 0 aliphatic carbocycles. The van der Waals surface area contributed by atoms with Crippen LogP contribution in [0.1, 0.15) is 18.4 Å². The average Bonchev–Trinajstić information content (AvgIpc) is 2.98. The van der Waals surface area contributed by atoms with Crippen molar-refractivity contribution in [2.24, 2.45) is 32.9 Å². The number of aryl methyl sites for hydroxylation is 1. The van der Waals surface area contributed by atoms with Crippen molar-refractivity contribution < 1.29 is 14.4 Å². The lowest BCUT2D eigenvalue weighted by Gasteiger charge is -2.24. The smallest absolute Gasteiger partial charge is 0.247 e. The summed E-state index contributed by atoms with van der Waals surface area (Å²) in [7, 11) is 0. The second-order valence-electron chi connectivity index (χ2n) is 9.54. The van der Waals surface area contributed by atoms with E-state index in [4.69, 9.17) is 22.9 Å². The first-order valence-electron chi connectivity index (χ1n) is 13.6. The van der Waals surface area contributed by atoms with Gasteiger partial charge in [-0.15, -0.1) is 0 Å². The minimum atomic E-state index is -1.20. The summed E-state index contributed by atoms with van der Waals surface area (Å²) in [5.74, 6) is -1.54. The third kappa shape index (κ3) is 10.2. The highest BCUT2D eigenvalue weighted by Crippen LogP contribution is 2.17. The van der Waals surface area contributed by atoms with Crippen LogP contribution in [-0.4, -0.2) is 78.2 Å². The largest absolute Gasteiger partial charge is 0.390 e. The SMILES string of the molecule is NC=NCCN(CCN=C(N)N)C(=O)C[C@H](N)C(=O)N[C@@H](CCc1ccccc1)C(=O)Nc1cnc2ccccc2c1. The molecular formula is C29H38N10O3. The quantitative estimate of drug-likeness (QED) is 0.108. The highest BCUT2D eigenvalue weighted by atomic mass is 16.2. The van der Waals surface area contributed by atoms with Gasteiger partial charge >= 0.3 is 0 Å². The molecule has 0 saturated carbocycles. The van der Waals surface area contributed by atoms with Crippen LogP contribution in [0.5, 0.6) is 0 Å². The summed E-state index contributed by atoms with van der Waals surface area (Å²) in [6, 6.07) is 16.8. The number of carbonyl (C=O) groups is 3. The van der Waals surface area contributed by atoms with E-state index < -0.39 is 23.9 Å². The van der Waals surface area contributed by atoms with Crippen LogP contribution in [0, 0.1) is 0 Å². The Labute approximate surface area is 244 Å². The van der Waals surface area contributed by atoms with E-state index in [0.717, 1.165) is 22.8 Å². The fourth-order valence-electron chi connectivity index (χ4n) is 4.20. The van der Waals surface area contributed by atoms with Gasteiger partial charge in [0, 0.05) is 18.5 Å². The topological polar surface area (TPSA) is 220 Å². The molecule has 3 aromatic rings. The van der Waals surface area contributed by atoms with Crippen molar-refractivity contribution in [2.45, 2.75) is 31.3 Å². The number of nitrogens with one attached hydrogen (secondary N) is 2. The van der Waals surface area contributed by atoms with Gasteiger partial charge in [0.25, 0.3) is 0 Å².